The number of anilines is 1. The Hall–Kier alpha value is -3.64. The second-order valence-corrected chi connectivity index (χ2v) is 9.21. The summed E-state index contributed by atoms with van der Waals surface area (Å²) in [6.07, 6.45) is 3.78. The van der Waals surface area contributed by atoms with Crippen LogP contribution in [0.25, 0.3) is 0 Å². The van der Waals surface area contributed by atoms with Crippen molar-refractivity contribution >= 4 is 28.3 Å². The monoisotopic (exact) mass is 463 g/mol. The van der Waals surface area contributed by atoms with Gasteiger partial charge in [0.2, 0.25) is 5.91 Å². The minimum absolute atomic E-state index is 0.0658. The van der Waals surface area contributed by atoms with Crippen LogP contribution in [0.15, 0.2) is 42.9 Å². The fourth-order valence-corrected chi connectivity index (χ4v) is 5.10. The van der Waals surface area contributed by atoms with E-state index >= 15 is 0 Å². The van der Waals surface area contributed by atoms with Gasteiger partial charge in [0.1, 0.15) is 17.7 Å². The number of carbonyl (C=O) groups excluding carboxylic acids is 2. The van der Waals surface area contributed by atoms with E-state index in [0.29, 0.717) is 36.5 Å². The number of rotatable bonds is 6. The highest BCUT2D eigenvalue weighted by molar-refractivity contribution is 7.16. The van der Waals surface area contributed by atoms with Gasteiger partial charge in [-0.3, -0.25) is 4.79 Å². The molecule has 1 unspecified atom stereocenters. The molecule has 0 saturated heterocycles. The number of amides is 2. The van der Waals surface area contributed by atoms with Gasteiger partial charge in [0.05, 0.1) is 30.3 Å². The molecular formula is C24H25N5O3S. The first kappa shape index (κ1) is 22.6. The molecule has 0 aliphatic carbocycles. The zero-order valence-electron chi connectivity index (χ0n) is 18.6. The van der Waals surface area contributed by atoms with Crippen molar-refractivity contribution in [3.63, 3.8) is 0 Å². The Kier molecular flexibility index (Phi) is 6.75. The van der Waals surface area contributed by atoms with Gasteiger partial charge in [0.15, 0.2) is 0 Å². The standard InChI is InChI=1S/C24H25N5O3S/c1-16(17-6-4-3-5-7-17)10-22(30)27-23-20(11-25)19-8-9-29(13-21(19)33-23)24(31)32-14-18-12-26-15-28(18)2/h3-7,12,15-16H,8-10,13-14H2,1-2H3,(H,27,30). The van der Waals surface area contributed by atoms with Gasteiger partial charge >= 0.3 is 6.09 Å². The van der Waals surface area contributed by atoms with Crippen molar-refractivity contribution in [2.75, 3.05) is 11.9 Å². The Morgan fingerprint density at radius 3 is 2.82 bits per heavy atom. The highest BCUT2D eigenvalue weighted by atomic mass is 32.1. The van der Waals surface area contributed by atoms with Gasteiger partial charge in [-0.15, -0.1) is 11.3 Å². The molecular weight excluding hydrogens is 438 g/mol. The van der Waals surface area contributed by atoms with Gasteiger partial charge in [0.25, 0.3) is 0 Å². The van der Waals surface area contributed by atoms with Gasteiger partial charge < -0.3 is 19.5 Å². The number of nitrogens with one attached hydrogen (secondary N) is 1. The second kappa shape index (κ2) is 9.88. The first-order valence-corrected chi connectivity index (χ1v) is 11.5. The van der Waals surface area contributed by atoms with Crippen LogP contribution in [-0.4, -0.2) is 33.0 Å². The third kappa shape index (κ3) is 5.07. The van der Waals surface area contributed by atoms with Crippen LogP contribution in [0.1, 0.15) is 46.5 Å². The summed E-state index contributed by atoms with van der Waals surface area (Å²) in [6, 6.07) is 12.1. The number of aromatic nitrogens is 2. The molecule has 3 heterocycles. The normalized spacial score (nSPS) is 13.7. The predicted octanol–water partition coefficient (Wildman–Crippen LogP) is 4.18. The van der Waals surface area contributed by atoms with Crippen molar-refractivity contribution in [2.24, 2.45) is 7.05 Å². The highest BCUT2D eigenvalue weighted by Gasteiger charge is 2.28. The molecule has 2 amide bonds. The van der Waals surface area contributed by atoms with E-state index in [2.05, 4.69) is 16.4 Å². The van der Waals surface area contributed by atoms with Crippen molar-refractivity contribution in [2.45, 2.75) is 38.8 Å². The van der Waals surface area contributed by atoms with Gasteiger partial charge in [-0.05, 0) is 23.5 Å². The highest BCUT2D eigenvalue weighted by Crippen LogP contribution is 2.37. The fraction of sp³-hybridized carbons (Fsp3) is 0.333. The molecule has 0 radical (unpaired) electrons. The van der Waals surface area contributed by atoms with Crippen molar-refractivity contribution in [1.82, 2.24) is 14.5 Å². The topological polar surface area (TPSA) is 100 Å². The lowest BCUT2D eigenvalue weighted by Gasteiger charge is -2.26. The molecule has 170 valence electrons. The maximum absolute atomic E-state index is 12.7. The van der Waals surface area contributed by atoms with Gasteiger partial charge in [-0.2, -0.15) is 5.26 Å². The number of benzene rings is 1. The number of nitrogens with zero attached hydrogens (tertiary/aromatic N) is 4. The average Bonchev–Trinajstić information content (AvgIpc) is 3.39. The molecule has 0 bridgehead atoms. The molecule has 2 aromatic heterocycles. The molecule has 0 spiro atoms. The summed E-state index contributed by atoms with van der Waals surface area (Å²) in [5.74, 6) is -0.0649. The first-order chi connectivity index (χ1) is 16.0. The minimum Gasteiger partial charge on any atom is -0.443 e. The van der Waals surface area contributed by atoms with Gasteiger partial charge in [0, 0.05) is 24.9 Å². The fourth-order valence-electron chi connectivity index (χ4n) is 3.87. The zero-order valence-corrected chi connectivity index (χ0v) is 19.4. The van der Waals surface area contributed by atoms with E-state index in [-0.39, 0.29) is 18.4 Å². The maximum Gasteiger partial charge on any atom is 0.410 e. The molecule has 1 N–H and O–H groups in total. The minimum atomic E-state index is -0.406. The van der Waals surface area contributed by atoms with Crippen LogP contribution in [0.3, 0.4) is 0 Å². The number of hydrogen-bond acceptors (Lipinski definition) is 6. The SMILES string of the molecule is CC(CC(=O)Nc1sc2c(c1C#N)CCN(C(=O)OCc1cncn1C)C2)c1ccccc1. The van der Waals surface area contributed by atoms with E-state index in [1.165, 1.54) is 11.3 Å². The molecule has 1 aliphatic rings. The smallest absolute Gasteiger partial charge is 0.410 e. The summed E-state index contributed by atoms with van der Waals surface area (Å²) in [5.41, 5.74) is 3.31. The molecule has 1 atom stereocenters. The van der Waals surface area contributed by atoms with E-state index < -0.39 is 6.09 Å². The quantitative estimate of drug-likeness (QED) is 0.591. The molecule has 3 aromatic rings. The van der Waals surface area contributed by atoms with Crippen LogP contribution in [0.4, 0.5) is 9.80 Å². The van der Waals surface area contributed by atoms with Crippen molar-refractivity contribution < 1.29 is 14.3 Å². The molecule has 9 heteroatoms. The van der Waals surface area contributed by atoms with Crippen LogP contribution in [0.2, 0.25) is 0 Å². The van der Waals surface area contributed by atoms with E-state index in [4.69, 9.17) is 4.74 Å². The molecule has 4 rings (SSSR count). The zero-order chi connectivity index (χ0) is 23.4. The van der Waals surface area contributed by atoms with E-state index in [1.54, 1.807) is 22.0 Å². The van der Waals surface area contributed by atoms with E-state index in [0.717, 1.165) is 21.7 Å². The van der Waals surface area contributed by atoms with Crippen molar-refractivity contribution in [3.8, 4) is 6.07 Å². The number of fused-ring (bicyclic) bond motifs is 1. The summed E-state index contributed by atoms with van der Waals surface area (Å²) in [4.78, 5) is 31.8. The molecule has 33 heavy (non-hydrogen) atoms. The Morgan fingerprint density at radius 1 is 1.33 bits per heavy atom. The average molecular weight is 464 g/mol. The maximum atomic E-state index is 12.7. The third-order valence-corrected chi connectivity index (χ3v) is 6.93. The van der Waals surface area contributed by atoms with Crippen LogP contribution in [-0.2, 0) is 36.2 Å². The number of nitriles is 1. The lowest BCUT2D eigenvalue weighted by molar-refractivity contribution is -0.116. The number of hydrogen-bond donors (Lipinski definition) is 1. The van der Waals surface area contributed by atoms with E-state index in [1.807, 2.05) is 44.3 Å². The summed E-state index contributed by atoms with van der Waals surface area (Å²) in [5, 5.41) is 13.2. The number of aryl methyl sites for hydroxylation is 1. The Morgan fingerprint density at radius 2 is 2.12 bits per heavy atom. The molecule has 8 nitrogen and oxygen atoms in total. The predicted molar refractivity (Wildman–Crippen MR) is 125 cm³/mol. The van der Waals surface area contributed by atoms with Crippen LogP contribution >= 0.6 is 11.3 Å². The molecule has 1 aromatic carbocycles. The number of ether oxygens (including phenoxy) is 1. The number of carbonyl (C=O) groups is 2. The van der Waals surface area contributed by atoms with Crippen LogP contribution < -0.4 is 5.32 Å². The summed E-state index contributed by atoms with van der Waals surface area (Å²) in [7, 11) is 1.84. The summed E-state index contributed by atoms with van der Waals surface area (Å²) < 4.78 is 7.23. The first-order valence-electron chi connectivity index (χ1n) is 10.7. The molecule has 0 fully saturated rings. The van der Waals surface area contributed by atoms with Gasteiger partial charge in [-0.25, -0.2) is 9.78 Å². The molecule has 1 aliphatic heterocycles. The number of imidazole rings is 1. The Bertz CT molecular complexity index is 1190. The number of thiophene rings is 1. The largest absolute Gasteiger partial charge is 0.443 e. The second-order valence-electron chi connectivity index (χ2n) is 8.11. The summed E-state index contributed by atoms with van der Waals surface area (Å²) in [6.45, 7) is 2.97. The van der Waals surface area contributed by atoms with Crippen molar-refractivity contribution in [1.29, 1.82) is 5.26 Å². The Balaban J connectivity index is 1.40. The van der Waals surface area contributed by atoms with Crippen LogP contribution in [0.5, 0.6) is 0 Å². The Labute approximate surface area is 196 Å². The lowest BCUT2D eigenvalue weighted by Crippen LogP contribution is -2.35. The molecule has 0 saturated carbocycles. The third-order valence-electron chi connectivity index (χ3n) is 5.80. The lowest BCUT2D eigenvalue weighted by atomic mass is 9.97. The van der Waals surface area contributed by atoms with E-state index in [9.17, 15) is 14.9 Å². The van der Waals surface area contributed by atoms with Crippen LogP contribution in [0, 0.1) is 11.3 Å². The summed E-state index contributed by atoms with van der Waals surface area (Å²) >= 11 is 1.36. The van der Waals surface area contributed by atoms with Crippen molar-refractivity contribution in [3.05, 3.63) is 70.1 Å². The van der Waals surface area contributed by atoms with Gasteiger partial charge in [-0.1, -0.05) is 37.3 Å².